The van der Waals surface area contributed by atoms with Crippen molar-refractivity contribution >= 4 is 11.6 Å². The second-order valence-electron chi connectivity index (χ2n) is 4.68. The van der Waals surface area contributed by atoms with E-state index in [0.717, 1.165) is 37.3 Å². The van der Waals surface area contributed by atoms with Crippen molar-refractivity contribution < 1.29 is 5.11 Å². The van der Waals surface area contributed by atoms with E-state index in [2.05, 4.69) is 24.8 Å². The number of allylic oxidation sites excluding steroid dienone is 4. The minimum Gasteiger partial charge on any atom is -0.395 e. The summed E-state index contributed by atoms with van der Waals surface area (Å²) in [4.78, 5) is 2.26. The van der Waals surface area contributed by atoms with Gasteiger partial charge < -0.3 is 10.0 Å². The van der Waals surface area contributed by atoms with Crippen LogP contribution in [-0.4, -0.2) is 29.7 Å². The highest BCUT2D eigenvalue weighted by Crippen LogP contribution is 2.29. The number of halogens is 1. The van der Waals surface area contributed by atoms with Crippen molar-refractivity contribution in [2.24, 2.45) is 5.92 Å². The van der Waals surface area contributed by atoms with Crippen LogP contribution in [0.1, 0.15) is 39.5 Å². The molecule has 0 aliphatic heterocycles. The molecule has 0 heterocycles. The van der Waals surface area contributed by atoms with Crippen LogP contribution in [0.5, 0.6) is 0 Å². The van der Waals surface area contributed by atoms with Gasteiger partial charge in [-0.25, -0.2) is 0 Å². The van der Waals surface area contributed by atoms with Gasteiger partial charge in [0.1, 0.15) is 0 Å². The quantitative estimate of drug-likeness (QED) is 0.787. The fourth-order valence-corrected chi connectivity index (χ4v) is 2.67. The Morgan fingerprint density at radius 2 is 2.24 bits per heavy atom. The molecule has 17 heavy (non-hydrogen) atoms. The zero-order valence-corrected chi connectivity index (χ0v) is 11.7. The number of aliphatic hydroxyl groups is 1. The summed E-state index contributed by atoms with van der Waals surface area (Å²) < 4.78 is 0. The molecule has 1 aliphatic carbocycles. The minimum absolute atomic E-state index is 0.188. The van der Waals surface area contributed by atoms with Crippen molar-refractivity contribution in [1.29, 1.82) is 0 Å². The first-order valence-electron chi connectivity index (χ1n) is 6.62. The lowest BCUT2D eigenvalue weighted by atomic mass is 10.0. The lowest BCUT2D eigenvalue weighted by molar-refractivity contribution is 0.211. The molecule has 0 fully saturated rings. The van der Waals surface area contributed by atoms with Gasteiger partial charge in [0, 0.05) is 18.8 Å². The highest BCUT2D eigenvalue weighted by Gasteiger charge is 2.19. The van der Waals surface area contributed by atoms with Crippen LogP contribution in [-0.2, 0) is 0 Å². The fourth-order valence-electron chi connectivity index (χ4n) is 2.28. The highest BCUT2D eigenvalue weighted by molar-refractivity contribution is 6.31. The van der Waals surface area contributed by atoms with E-state index in [1.54, 1.807) is 0 Å². The second-order valence-corrected chi connectivity index (χ2v) is 5.09. The van der Waals surface area contributed by atoms with Crippen LogP contribution in [0.4, 0.5) is 0 Å². The number of hydrogen-bond acceptors (Lipinski definition) is 2. The Morgan fingerprint density at radius 3 is 2.88 bits per heavy atom. The third-order valence-corrected chi connectivity index (χ3v) is 3.55. The normalized spacial score (nSPS) is 20.6. The molecule has 1 aliphatic rings. The van der Waals surface area contributed by atoms with Crippen molar-refractivity contribution in [3.8, 4) is 0 Å². The summed E-state index contributed by atoms with van der Waals surface area (Å²) in [6, 6.07) is 0. The second kappa shape index (κ2) is 7.78. The van der Waals surface area contributed by atoms with Crippen molar-refractivity contribution in [2.45, 2.75) is 39.5 Å². The SMILES string of the molecule is CCCCN(CCO)C1=C(Cl)C=CCC[C@@H]1C. The first-order valence-corrected chi connectivity index (χ1v) is 7.00. The van der Waals surface area contributed by atoms with Gasteiger partial charge in [0.15, 0.2) is 0 Å². The standard InChI is InChI=1S/C14H24ClNO/c1-3-4-9-16(10-11-17)14-12(2)7-5-6-8-13(14)15/h6,8,12,17H,3-5,7,9-11H2,1-2H3/t12-/m0/s1. The van der Waals surface area contributed by atoms with Crippen LogP contribution in [0.2, 0.25) is 0 Å². The van der Waals surface area contributed by atoms with Crippen LogP contribution in [0, 0.1) is 5.92 Å². The molecule has 0 aromatic heterocycles. The Morgan fingerprint density at radius 1 is 1.47 bits per heavy atom. The topological polar surface area (TPSA) is 23.5 Å². The summed E-state index contributed by atoms with van der Waals surface area (Å²) in [6.45, 7) is 6.27. The maximum absolute atomic E-state index is 9.18. The highest BCUT2D eigenvalue weighted by atomic mass is 35.5. The zero-order valence-electron chi connectivity index (χ0n) is 11.0. The molecule has 0 bridgehead atoms. The molecule has 0 amide bonds. The molecule has 0 unspecified atom stereocenters. The predicted molar refractivity (Wildman–Crippen MR) is 74.0 cm³/mol. The maximum atomic E-state index is 9.18. The fraction of sp³-hybridized carbons (Fsp3) is 0.714. The average molecular weight is 258 g/mol. The van der Waals surface area contributed by atoms with Crippen molar-refractivity contribution in [1.82, 2.24) is 4.90 Å². The molecule has 0 spiro atoms. The van der Waals surface area contributed by atoms with Crippen molar-refractivity contribution in [3.05, 3.63) is 22.9 Å². The third kappa shape index (κ3) is 4.36. The van der Waals surface area contributed by atoms with Gasteiger partial charge in [-0.1, -0.05) is 37.9 Å². The van der Waals surface area contributed by atoms with Crippen LogP contribution in [0.25, 0.3) is 0 Å². The Balaban J connectivity index is 2.84. The molecule has 0 aromatic carbocycles. The summed E-state index contributed by atoms with van der Waals surface area (Å²) in [5, 5.41) is 10.0. The molecule has 1 N–H and O–H groups in total. The van der Waals surface area contributed by atoms with E-state index in [9.17, 15) is 5.11 Å². The molecule has 3 heteroatoms. The van der Waals surface area contributed by atoms with Gasteiger partial charge in [0.05, 0.1) is 11.6 Å². The van der Waals surface area contributed by atoms with E-state index in [1.165, 1.54) is 5.70 Å². The summed E-state index contributed by atoms with van der Waals surface area (Å²) in [5.74, 6) is 0.473. The van der Waals surface area contributed by atoms with Crippen molar-refractivity contribution in [3.63, 3.8) is 0 Å². The van der Waals surface area contributed by atoms with E-state index in [4.69, 9.17) is 11.6 Å². The first-order chi connectivity index (χ1) is 8.20. The van der Waals surface area contributed by atoms with Crippen LogP contribution in [0.3, 0.4) is 0 Å². The van der Waals surface area contributed by atoms with Gasteiger partial charge in [-0.05, 0) is 31.3 Å². The Kier molecular flexibility index (Phi) is 6.68. The number of rotatable bonds is 6. The molecule has 0 radical (unpaired) electrons. The summed E-state index contributed by atoms with van der Waals surface area (Å²) in [6.07, 6.45) is 8.68. The van der Waals surface area contributed by atoms with Gasteiger partial charge >= 0.3 is 0 Å². The lowest BCUT2D eigenvalue weighted by Crippen LogP contribution is -2.31. The summed E-state index contributed by atoms with van der Waals surface area (Å²) in [7, 11) is 0. The molecule has 2 nitrogen and oxygen atoms in total. The number of hydrogen-bond donors (Lipinski definition) is 1. The van der Waals surface area contributed by atoms with E-state index >= 15 is 0 Å². The minimum atomic E-state index is 0.188. The zero-order chi connectivity index (χ0) is 12.7. The van der Waals surface area contributed by atoms with E-state index in [1.807, 2.05) is 6.08 Å². The smallest absolute Gasteiger partial charge is 0.0606 e. The van der Waals surface area contributed by atoms with Gasteiger partial charge in [0.2, 0.25) is 0 Å². The Bertz CT molecular complexity index is 286. The first kappa shape index (κ1) is 14.6. The Labute approximate surface area is 110 Å². The van der Waals surface area contributed by atoms with Crippen LogP contribution >= 0.6 is 11.6 Å². The molecule has 1 atom stereocenters. The lowest BCUT2D eigenvalue weighted by Gasteiger charge is -2.31. The summed E-state index contributed by atoms with van der Waals surface area (Å²) >= 11 is 6.36. The van der Waals surface area contributed by atoms with Gasteiger partial charge in [-0.15, -0.1) is 0 Å². The van der Waals surface area contributed by atoms with Crippen LogP contribution in [0.15, 0.2) is 22.9 Å². The third-order valence-electron chi connectivity index (χ3n) is 3.23. The molecule has 0 aromatic rings. The predicted octanol–water partition coefficient (Wildman–Crippen LogP) is 3.52. The molecule has 98 valence electrons. The maximum Gasteiger partial charge on any atom is 0.0606 e. The van der Waals surface area contributed by atoms with Gasteiger partial charge in [-0.2, -0.15) is 0 Å². The summed E-state index contributed by atoms with van der Waals surface area (Å²) in [5.41, 5.74) is 1.21. The molecular weight excluding hydrogens is 234 g/mol. The molecule has 0 saturated heterocycles. The van der Waals surface area contributed by atoms with Crippen molar-refractivity contribution in [2.75, 3.05) is 19.7 Å². The van der Waals surface area contributed by atoms with Crippen LogP contribution < -0.4 is 0 Å². The van der Waals surface area contributed by atoms with E-state index < -0.39 is 0 Å². The Hall–Kier alpha value is -0.470. The number of nitrogens with zero attached hydrogens (tertiary/aromatic N) is 1. The largest absolute Gasteiger partial charge is 0.395 e. The molecule has 0 saturated carbocycles. The number of unbranched alkanes of at least 4 members (excludes halogenated alkanes) is 1. The van der Waals surface area contributed by atoms with E-state index in [-0.39, 0.29) is 6.61 Å². The average Bonchev–Trinajstić information content (AvgIpc) is 2.47. The van der Waals surface area contributed by atoms with Gasteiger partial charge in [0.25, 0.3) is 0 Å². The number of aliphatic hydroxyl groups excluding tert-OH is 1. The monoisotopic (exact) mass is 257 g/mol. The van der Waals surface area contributed by atoms with E-state index in [0.29, 0.717) is 12.5 Å². The molecule has 1 rings (SSSR count). The molecular formula is C14H24ClNO. The van der Waals surface area contributed by atoms with Gasteiger partial charge in [-0.3, -0.25) is 0 Å².